The SMILES string of the molecule is Cc1cc[cH-]c1.Cc1cc[cH-]c1.[CH3][Ge]([CH3])=[Hf]([Cl])[Cl]. The van der Waals surface area contributed by atoms with Gasteiger partial charge in [-0.2, -0.15) is 36.4 Å². The van der Waals surface area contributed by atoms with E-state index in [0.29, 0.717) is 0 Å². The maximum absolute atomic E-state index is 5.67. The van der Waals surface area contributed by atoms with Gasteiger partial charge in [-0.15, -0.1) is 0 Å². The molecular weight excluding hydrogens is 490 g/mol. The molecule has 100 valence electrons. The van der Waals surface area contributed by atoms with Crippen molar-refractivity contribution in [3.63, 3.8) is 0 Å². The molecule has 0 saturated carbocycles. The van der Waals surface area contributed by atoms with Crippen molar-refractivity contribution in [2.24, 2.45) is 0 Å². The Balaban J connectivity index is 0.000000241. The summed E-state index contributed by atoms with van der Waals surface area (Å²) in [6, 6.07) is 16.5. The molecule has 0 spiro atoms. The fourth-order valence-electron chi connectivity index (χ4n) is 0.940. The quantitative estimate of drug-likeness (QED) is 0.320. The molecule has 0 bridgehead atoms. The molecule has 0 aliphatic carbocycles. The van der Waals surface area contributed by atoms with Crippen LogP contribution in [0.5, 0.6) is 0 Å². The Kier molecular flexibility index (Phi) is 12.0. The van der Waals surface area contributed by atoms with E-state index < -0.39 is 26.0 Å². The summed E-state index contributed by atoms with van der Waals surface area (Å²) in [4.78, 5) is 0. The molecule has 4 heteroatoms. The zero-order valence-electron chi connectivity index (χ0n) is 11.4. The summed E-state index contributed by atoms with van der Waals surface area (Å²) < 4.78 is 0. The van der Waals surface area contributed by atoms with Crippen molar-refractivity contribution in [3.8, 4) is 0 Å². The second kappa shape index (κ2) is 11.5. The molecule has 0 N–H and O–H groups in total. The summed E-state index contributed by atoms with van der Waals surface area (Å²) >= 11 is -1.72. The van der Waals surface area contributed by atoms with Gasteiger partial charge in [-0.05, 0) is 0 Å². The number of hydrogen-bond acceptors (Lipinski definition) is 0. The maximum atomic E-state index is 5.67. The molecule has 0 heterocycles. The van der Waals surface area contributed by atoms with E-state index >= 15 is 0 Å². The number of halogens is 2. The van der Waals surface area contributed by atoms with E-state index in [4.69, 9.17) is 17.2 Å². The van der Waals surface area contributed by atoms with Crippen molar-refractivity contribution in [2.45, 2.75) is 25.4 Å². The van der Waals surface area contributed by atoms with E-state index in [1.807, 2.05) is 24.3 Å². The molecule has 0 radical (unpaired) electrons. The number of aryl methyl sites for hydroxylation is 2. The Morgan fingerprint density at radius 3 is 1.33 bits per heavy atom. The Bertz CT molecular complexity index is 380. The van der Waals surface area contributed by atoms with Gasteiger partial charge in [0.15, 0.2) is 0 Å². The van der Waals surface area contributed by atoms with Gasteiger partial charge in [0.1, 0.15) is 0 Å². The van der Waals surface area contributed by atoms with Crippen LogP contribution < -0.4 is 0 Å². The van der Waals surface area contributed by atoms with Gasteiger partial charge in [0.05, 0.1) is 0 Å². The molecule has 2 aromatic rings. The summed E-state index contributed by atoms with van der Waals surface area (Å²) in [5.74, 6) is 4.48. The van der Waals surface area contributed by atoms with Crippen molar-refractivity contribution < 1.29 is 16.0 Å². The van der Waals surface area contributed by atoms with Crippen LogP contribution in [-0.4, -0.2) is 10.1 Å². The standard InChI is InChI=1S/2C6H7.C2H6Ge.2ClH.Hf/c2*1-6-4-2-3-5-6;1-3-2;;;/h2*2-5H,1H3;1-2H3;2*1H;/q2*-1;;;;+2/p-2. The van der Waals surface area contributed by atoms with Crippen LogP contribution in [0.3, 0.4) is 0 Å². The molecule has 0 nitrogen and oxygen atoms in total. The van der Waals surface area contributed by atoms with E-state index in [9.17, 15) is 0 Å². The molecule has 18 heavy (non-hydrogen) atoms. The van der Waals surface area contributed by atoms with Crippen molar-refractivity contribution in [2.75, 3.05) is 0 Å². The fraction of sp³-hybridized carbons (Fsp3) is 0.286. The molecule has 0 aromatic heterocycles. The van der Waals surface area contributed by atoms with Gasteiger partial charge in [-0.25, -0.2) is 23.3 Å². The predicted octanol–water partition coefficient (Wildman–Crippen LogP) is 5.59. The first kappa shape index (κ1) is 18.7. The van der Waals surface area contributed by atoms with Crippen LogP contribution in [0, 0.1) is 13.8 Å². The van der Waals surface area contributed by atoms with E-state index in [0.717, 1.165) is 0 Å². The summed E-state index contributed by atoms with van der Waals surface area (Å²) in [5, 5.41) is 0. The van der Waals surface area contributed by atoms with Crippen molar-refractivity contribution >= 4 is 27.2 Å². The predicted molar refractivity (Wildman–Crippen MR) is 82.7 cm³/mol. The Morgan fingerprint density at radius 2 is 1.28 bits per heavy atom. The molecule has 2 rings (SSSR count). The van der Waals surface area contributed by atoms with E-state index in [-0.39, 0.29) is 0 Å². The number of rotatable bonds is 0. The summed E-state index contributed by atoms with van der Waals surface area (Å²) in [7, 11) is 10.6. The van der Waals surface area contributed by atoms with Crippen LogP contribution in [0.4, 0.5) is 0 Å². The molecule has 0 aliphatic heterocycles. The fourth-order valence-corrected chi connectivity index (χ4v) is 0.940. The van der Waals surface area contributed by atoms with Crippen LogP contribution in [0.1, 0.15) is 11.1 Å². The third kappa shape index (κ3) is 11.8. The van der Waals surface area contributed by atoms with Crippen molar-refractivity contribution in [1.82, 2.24) is 0 Å². The van der Waals surface area contributed by atoms with Crippen LogP contribution >= 0.6 is 17.2 Å². The topological polar surface area (TPSA) is 0 Å². The third-order valence-corrected chi connectivity index (χ3v) is 49.9. The summed E-state index contributed by atoms with van der Waals surface area (Å²) in [6.45, 7) is 4.17. The van der Waals surface area contributed by atoms with Gasteiger partial charge >= 0.3 is 54.7 Å². The van der Waals surface area contributed by atoms with Crippen molar-refractivity contribution in [1.29, 1.82) is 0 Å². The van der Waals surface area contributed by atoms with Gasteiger partial charge in [0.2, 0.25) is 0 Å². The van der Waals surface area contributed by atoms with Crippen LogP contribution in [0.25, 0.3) is 0 Å². The molecule has 2 aromatic carbocycles. The van der Waals surface area contributed by atoms with Gasteiger partial charge in [0.25, 0.3) is 0 Å². The first-order chi connectivity index (χ1) is 8.43. The van der Waals surface area contributed by atoms with Crippen LogP contribution in [0.2, 0.25) is 11.5 Å². The van der Waals surface area contributed by atoms with Crippen LogP contribution in [-0.2, 0) is 16.0 Å². The molecule has 0 saturated heterocycles. The normalized spacial score (nSPS) is 8.56. The molecule has 0 unspecified atom stereocenters. The monoisotopic (exact) mass is 512 g/mol. The molecule has 0 atom stereocenters. The number of hydrogen-bond donors (Lipinski definition) is 0. The molecule has 0 aliphatic rings. The van der Waals surface area contributed by atoms with Gasteiger partial charge in [0, 0.05) is 0 Å². The van der Waals surface area contributed by atoms with E-state index in [1.54, 1.807) is 0 Å². The van der Waals surface area contributed by atoms with E-state index in [2.05, 4.69) is 49.6 Å². The molecule has 0 amide bonds. The minimum atomic E-state index is -1.72. The second-order valence-electron chi connectivity index (χ2n) is 4.18. The van der Waals surface area contributed by atoms with Crippen molar-refractivity contribution in [3.05, 3.63) is 59.7 Å². The Labute approximate surface area is 127 Å². The van der Waals surface area contributed by atoms with Gasteiger partial charge < -0.3 is 0 Å². The summed E-state index contributed by atoms with van der Waals surface area (Å²) in [6.07, 6.45) is 0. The van der Waals surface area contributed by atoms with Gasteiger partial charge in [-0.1, -0.05) is 13.8 Å². The first-order valence-corrected chi connectivity index (χ1v) is 29.3. The summed E-state index contributed by atoms with van der Waals surface area (Å²) in [5.41, 5.74) is 2.69. The average molecular weight is 510 g/mol. The van der Waals surface area contributed by atoms with E-state index in [1.165, 1.54) is 11.1 Å². The minimum absolute atomic E-state index is 0.719. The third-order valence-electron chi connectivity index (χ3n) is 2.04. The molecular formula is C14H20Cl2GeHf-2. The Morgan fingerprint density at radius 1 is 0.944 bits per heavy atom. The molecule has 0 fully saturated rings. The van der Waals surface area contributed by atoms with Crippen LogP contribution in [0.15, 0.2) is 48.5 Å². The first-order valence-electron chi connectivity index (χ1n) is 5.78. The zero-order valence-corrected chi connectivity index (χ0v) is 18.6. The van der Waals surface area contributed by atoms with Gasteiger partial charge in [-0.3, -0.25) is 0 Å². The second-order valence-corrected chi connectivity index (χ2v) is 56.2. The zero-order chi connectivity index (χ0) is 14.0. The average Bonchev–Trinajstić information content (AvgIpc) is 2.93. The Hall–Kier alpha value is 0.693.